The summed E-state index contributed by atoms with van der Waals surface area (Å²) in [4.78, 5) is 21.0. The molecule has 8 nitrogen and oxygen atoms in total. The van der Waals surface area contributed by atoms with Gasteiger partial charge in [-0.3, -0.25) is 15.1 Å². The van der Waals surface area contributed by atoms with Crippen molar-refractivity contribution in [1.29, 1.82) is 0 Å². The van der Waals surface area contributed by atoms with Crippen LogP contribution >= 0.6 is 11.3 Å². The van der Waals surface area contributed by atoms with Gasteiger partial charge in [-0.2, -0.15) is 0 Å². The number of rotatable bonds is 7. The van der Waals surface area contributed by atoms with E-state index in [1.807, 2.05) is 49.4 Å². The van der Waals surface area contributed by atoms with E-state index in [4.69, 9.17) is 4.74 Å². The van der Waals surface area contributed by atoms with Gasteiger partial charge >= 0.3 is 0 Å². The molecule has 9 heteroatoms. The first kappa shape index (κ1) is 20.4. The molecule has 0 spiro atoms. The molecule has 4 rings (SSSR count). The van der Waals surface area contributed by atoms with Crippen LogP contribution in [0.3, 0.4) is 0 Å². The maximum absolute atomic E-state index is 12.7. The minimum Gasteiger partial charge on any atom is -0.468 e. The van der Waals surface area contributed by atoms with E-state index in [2.05, 4.69) is 30.8 Å². The molecule has 0 radical (unpaired) electrons. The Morgan fingerprint density at radius 1 is 1.10 bits per heavy atom. The summed E-state index contributed by atoms with van der Waals surface area (Å²) in [6.45, 7) is 1.95. The summed E-state index contributed by atoms with van der Waals surface area (Å²) in [6, 6.07) is 15.2. The molecule has 156 valence electrons. The average molecular weight is 433 g/mol. The summed E-state index contributed by atoms with van der Waals surface area (Å²) in [6.07, 6.45) is 4.66. The number of nitrogens with one attached hydrogen (secondary N) is 2. The molecule has 0 unspecified atom stereocenters. The van der Waals surface area contributed by atoms with Crippen LogP contribution in [0.4, 0.5) is 10.8 Å². The lowest BCUT2D eigenvalue weighted by atomic mass is 10.1. The third kappa shape index (κ3) is 4.84. The minimum absolute atomic E-state index is 0.187. The predicted molar refractivity (Wildman–Crippen MR) is 120 cm³/mol. The second-order valence-corrected chi connectivity index (χ2v) is 7.58. The molecule has 31 heavy (non-hydrogen) atoms. The van der Waals surface area contributed by atoms with E-state index in [0.717, 1.165) is 11.1 Å². The molecule has 1 atom stereocenters. The van der Waals surface area contributed by atoms with E-state index >= 15 is 0 Å². The highest BCUT2D eigenvalue weighted by molar-refractivity contribution is 7.18. The van der Waals surface area contributed by atoms with Gasteiger partial charge in [-0.15, -0.1) is 10.2 Å². The standard InChI is InChI=1S/C22H20N6O2S/c1-14(15-6-4-3-5-7-15)30-20-18(23-2)12-17(13-25-20)19(29)26-22-28-27-21(31-22)16-8-10-24-11-9-16/h3-14,23H,1-2H3,(H,26,28,29)/t14-/m0/s1. The Balaban J connectivity index is 1.47. The van der Waals surface area contributed by atoms with Gasteiger partial charge in [0, 0.05) is 31.2 Å². The first-order chi connectivity index (χ1) is 15.1. The van der Waals surface area contributed by atoms with E-state index in [9.17, 15) is 4.79 Å². The Morgan fingerprint density at radius 2 is 1.87 bits per heavy atom. The van der Waals surface area contributed by atoms with Gasteiger partial charge in [0.1, 0.15) is 11.1 Å². The quantitative estimate of drug-likeness (QED) is 0.445. The summed E-state index contributed by atoms with van der Waals surface area (Å²) in [5.74, 6) is 0.0929. The first-order valence-electron chi connectivity index (χ1n) is 9.58. The van der Waals surface area contributed by atoms with Gasteiger partial charge in [0.15, 0.2) is 0 Å². The van der Waals surface area contributed by atoms with Crippen LogP contribution in [0.1, 0.15) is 28.9 Å². The maximum Gasteiger partial charge on any atom is 0.259 e. The summed E-state index contributed by atoms with van der Waals surface area (Å²) >= 11 is 1.29. The number of hydrogen-bond donors (Lipinski definition) is 2. The zero-order valence-corrected chi connectivity index (χ0v) is 17.8. The second-order valence-electron chi connectivity index (χ2n) is 6.60. The topological polar surface area (TPSA) is 102 Å². The van der Waals surface area contributed by atoms with Crippen LogP contribution in [0.15, 0.2) is 67.1 Å². The molecule has 1 aromatic carbocycles. The number of carbonyl (C=O) groups is 1. The molecule has 0 bridgehead atoms. The summed E-state index contributed by atoms with van der Waals surface area (Å²) in [5, 5.41) is 15.1. The fourth-order valence-corrected chi connectivity index (χ4v) is 3.61. The highest BCUT2D eigenvalue weighted by atomic mass is 32.1. The summed E-state index contributed by atoms with van der Waals surface area (Å²) in [5.41, 5.74) is 2.92. The van der Waals surface area contributed by atoms with Gasteiger partial charge in [-0.05, 0) is 30.7 Å². The Bertz CT molecular complexity index is 1170. The zero-order chi connectivity index (χ0) is 21.6. The first-order valence-corrected chi connectivity index (χ1v) is 10.4. The zero-order valence-electron chi connectivity index (χ0n) is 16.9. The monoisotopic (exact) mass is 432 g/mol. The van der Waals surface area contributed by atoms with Crippen LogP contribution in [0.25, 0.3) is 10.6 Å². The molecule has 0 saturated carbocycles. The number of nitrogens with zero attached hydrogens (tertiary/aromatic N) is 4. The molecule has 0 aliphatic carbocycles. The van der Waals surface area contributed by atoms with E-state index in [1.165, 1.54) is 17.5 Å². The summed E-state index contributed by atoms with van der Waals surface area (Å²) < 4.78 is 6.00. The molecule has 3 heterocycles. The van der Waals surface area contributed by atoms with Crippen molar-refractivity contribution in [3.05, 3.63) is 78.2 Å². The van der Waals surface area contributed by atoms with Crippen LogP contribution < -0.4 is 15.4 Å². The number of ether oxygens (including phenoxy) is 1. The molecule has 0 aliphatic rings. The van der Waals surface area contributed by atoms with Crippen molar-refractivity contribution < 1.29 is 9.53 Å². The number of anilines is 2. The van der Waals surface area contributed by atoms with Crippen LogP contribution in [-0.4, -0.2) is 33.1 Å². The number of aromatic nitrogens is 4. The molecule has 2 N–H and O–H groups in total. The lowest BCUT2D eigenvalue weighted by Gasteiger charge is -2.17. The van der Waals surface area contributed by atoms with E-state index < -0.39 is 0 Å². The van der Waals surface area contributed by atoms with Crippen LogP contribution in [0, 0.1) is 0 Å². The van der Waals surface area contributed by atoms with Crippen molar-refractivity contribution in [2.75, 3.05) is 17.7 Å². The van der Waals surface area contributed by atoms with E-state index in [1.54, 1.807) is 25.5 Å². The average Bonchev–Trinajstić information content (AvgIpc) is 3.29. The van der Waals surface area contributed by atoms with Crippen molar-refractivity contribution >= 4 is 28.1 Å². The van der Waals surface area contributed by atoms with E-state index in [-0.39, 0.29) is 12.0 Å². The normalized spacial score (nSPS) is 11.5. The second kappa shape index (κ2) is 9.31. The third-order valence-electron chi connectivity index (χ3n) is 4.51. The van der Waals surface area contributed by atoms with Crippen molar-refractivity contribution in [3.8, 4) is 16.5 Å². The molecule has 0 saturated heterocycles. The van der Waals surface area contributed by atoms with E-state index in [0.29, 0.717) is 27.3 Å². The van der Waals surface area contributed by atoms with Gasteiger partial charge < -0.3 is 10.1 Å². The van der Waals surface area contributed by atoms with Gasteiger partial charge in [0.2, 0.25) is 11.0 Å². The number of hydrogen-bond acceptors (Lipinski definition) is 8. The van der Waals surface area contributed by atoms with Crippen molar-refractivity contribution in [1.82, 2.24) is 20.2 Å². The van der Waals surface area contributed by atoms with Crippen molar-refractivity contribution in [2.45, 2.75) is 13.0 Å². The lowest BCUT2D eigenvalue weighted by molar-refractivity contribution is 0.102. The highest BCUT2D eigenvalue weighted by Gasteiger charge is 2.16. The number of amides is 1. The maximum atomic E-state index is 12.7. The molecule has 4 aromatic rings. The molecular formula is C22H20N6O2S. The van der Waals surface area contributed by atoms with Gasteiger partial charge in [0.25, 0.3) is 5.91 Å². The van der Waals surface area contributed by atoms with Crippen molar-refractivity contribution in [3.63, 3.8) is 0 Å². The highest BCUT2D eigenvalue weighted by Crippen LogP contribution is 2.29. The molecule has 1 amide bonds. The summed E-state index contributed by atoms with van der Waals surface area (Å²) in [7, 11) is 1.75. The Kier molecular flexibility index (Phi) is 6.13. The Labute approximate surface area is 183 Å². The molecule has 0 aliphatic heterocycles. The van der Waals surface area contributed by atoms with Crippen molar-refractivity contribution in [2.24, 2.45) is 0 Å². The van der Waals surface area contributed by atoms with Crippen LogP contribution in [0.5, 0.6) is 5.88 Å². The molecular weight excluding hydrogens is 412 g/mol. The minimum atomic E-state index is -0.330. The molecule has 0 fully saturated rings. The fraction of sp³-hybridized carbons (Fsp3) is 0.136. The fourth-order valence-electron chi connectivity index (χ4n) is 2.86. The number of pyridine rings is 2. The Morgan fingerprint density at radius 3 is 2.61 bits per heavy atom. The van der Waals surface area contributed by atoms with Gasteiger partial charge in [-0.25, -0.2) is 4.98 Å². The van der Waals surface area contributed by atoms with Gasteiger partial charge in [0.05, 0.1) is 11.3 Å². The van der Waals surface area contributed by atoms with Crippen LogP contribution in [0.2, 0.25) is 0 Å². The third-order valence-corrected chi connectivity index (χ3v) is 5.40. The smallest absolute Gasteiger partial charge is 0.259 e. The largest absolute Gasteiger partial charge is 0.468 e. The number of benzene rings is 1. The molecule has 3 aromatic heterocycles. The predicted octanol–water partition coefficient (Wildman–Crippen LogP) is 4.43. The SMILES string of the molecule is CNc1cc(C(=O)Nc2nnc(-c3ccncc3)s2)cnc1O[C@@H](C)c1ccccc1. The lowest BCUT2D eigenvalue weighted by Crippen LogP contribution is -2.13. The van der Waals surface area contributed by atoms with Crippen LogP contribution in [-0.2, 0) is 0 Å². The number of carbonyl (C=O) groups excluding carboxylic acids is 1. The Hall–Kier alpha value is -3.85. The van der Waals surface area contributed by atoms with Gasteiger partial charge in [-0.1, -0.05) is 41.7 Å².